The maximum absolute atomic E-state index is 15.7. The molecule has 0 amide bonds. The smallest absolute Gasteiger partial charge is 0.323 e. The fourth-order valence-corrected chi connectivity index (χ4v) is 3.16. The van der Waals surface area contributed by atoms with Gasteiger partial charge in [0, 0.05) is 17.3 Å². The SMILES string of the molecule is OC(Cn1cnnn1)(c1ccc(F)c(F)c1)C(F)(F)c1ccc(C#Cc2ccc(F)cc2)cn1. The largest absolute Gasteiger partial charge is 0.377 e. The molecular formula is C23H14F5N5O. The predicted octanol–water partition coefficient (Wildman–Crippen LogP) is 3.57. The molecule has 0 saturated heterocycles. The summed E-state index contributed by atoms with van der Waals surface area (Å²) in [5, 5.41) is 21.3. The monoisotopic (exact) mass is 471 g/mol. The fourth-order valence-electron chi connectivity index (χ4n) is 3.16. The Morgan fingerprint density at radius 3 is 2.21 bits per heavy atom. The minimum absolute atomic E-state index is 0.278. The van der Waals surface area contributed by atoms with E-state index in [-0.39, 0.29) is 5.56 Å². The van der Waals surface area contributed by atoms with Crippen LogP contribution in [0.15, 0.2) is 67.1 Å². The average molecular weight is 471 g/mol. The molecule has 0 radical (unpaired) electrons. The van der Waals surface area contributed by atoms with Crippen molar-refractivity contribution in [2.24, 2.45) is 0 Å². The number of rotatable bonds is 5. The van der Waals surface area contributed by atoms with E-state index >= 15 is 8.78 Å². The minimum atomic E-state index is -4.09. The molecule has 4 aromatic rings. The third kappa shape index (κ3) is 4.49. The van der Waals surface area contributed by atoms with Crippen LogP contribution in [0.2, 0.25) is 0 Å². The Labute approximate surface area is 189 Å². The van der Waals surface area contributed by atoms with Crippen LogP contribution < -0.4 is 0 Å². The molecule has 2 aromatic carbocycles. The van der Waals surface area contributed by atoms with Gasteiger partial charge in [-0.3, -0.25) is 4.98 Å². The Balaban J connectivity index is 1.70. The molecule has 0 spiro atoms. The van der Waals surface area contributed by atoms with Crippen molar-refractivity contribution < 1.29 is 27.1 Å². The number of tetrazole rings is 1. The van der Waals surface area contributed by atoms with Gasteiger partial charge >= 0.3 is 5.92 Å². The average Bonchev–Trinajstić information content (AvgIpc) is 3.33. The van der Waals surface area contributed by atoms with Gasteiger partial charge in [-0.1, -0.05) is 17.9 Å². The maximum atomic E-state index is 15.7. The molecule has 0 bridgehead atoms. The number of hydrogen-bond acceptors (Lipinski definition) is 5. The van der Waals surface area contributed by atoms with E-state index in [9.17, 15) is 18.3 Å². The van der Waals surface area contributed by atoms with Crippen LogP contribution in [-0.4, -0.2) is 30.3 Å². The number of aromatic nitrogens is 5. The van der Waals surface area contributed by atoms with E-state index in [1.165, 1.54) is 30.3 Å². The summed E-state index contributed by atoms with van der Waals surface area (Å²) in [5.74, 6) is -1.73. The summed E-state index contributed by atoms with van der Waals surface area (Å²) in [7, 11) is 0. The summed E-state index contributed by atoms with van der Waals surface area (Å²) in [6.07, 6.45) is 2.06. The normalized spacial score (nSPS) is 13.1. The van der Waals surface area contributed by atoms with Crippen molar-refractivity contribution in [2.45, 2.75) is 18.1 Å². The summed E-state index contributed by atoms with van der Waals surface area (Å²) < 4.78 is 72.4. The zero-order valence-corrected chi connectivity index (χ0v) is 17.1. The van der Waals surface area contributed by atoms with Gasteiger partial charge in [0.2, 0.25) is 0 Å². The van der Waals surface area contributed by atoms with Crippen LogP contribution in [0, 0.1) is 29.3 Å². The van der Waals surface area contributed by atoms with Gasteiger partial charge in [0.15, 0.2) is 17.2 Å². The number of benzene rings is 2. The van der Waals surface area contributed by atoms with Gasteiger partial charge in [-0.25, -0.2) is 17.9 Å². The molecule has 2 heterocycles. The van der Waals surface area contributed by atoms with Crippen molar-refractivity contribution in [3.63, 3.8) is 0 Å². The molecule has 6 nitrogen and oxygen atoms in total. The van der Waals surface area contributed by atoms with Crippen LogP contribution in [0.1, 0.15) is 22.4 Å². The molecule has 0 saturated carbocycles. The second-order valence-electron chi connectivity index (χ2n) is 7.26. The number of aliphatic hydroxyl groups is 1. The molecule has 1 unspecified atom stereocenters. The van der Waals surface area contributed by atoms with Gasteiger partial charge in [-0.05, 0) is 64.5 Å². The molecule has 0 aliphatic heterocycles. The zero-order chi connectivity index (χ0) is 24.3. The van der Waals surface area contributed by atoms with E-state index in [0.717, 1.165) is 29.3 Å². The summed E-state index contributed by atoms with van der Waals surface area (Å²) >= 11 is 0. The minimum Gasteiger partial charge on any atom is -0.377 e. The lowest BCUT2D eigenvalue weighted by molar-refractivity contribution is -0.206. The highest BCUT2D eigenvalue weighted by atomic mass is 19.3. The number of halogens is 5. The van der Waals surface area contributed by atoms with E-state index in [4.69, 9.17) is 0 Å². The molecule has 0 fully saturated rings. The van der Waals surface area contributed by atoms with Gasteiger partial charge in [-0.2, -0.15) is 8.78 Å². The van der Waals surface area contributed by atoms with Crippen molar-refractivity contribution >= 4 is 0 Å². The van der Waals surface area contributed by atoms with E-state index in [1.54, 1.807) is 0 Å². The Kier molecular flexibility index (Phi) is 6.08. The number of alkyl halides is 2. The highest BCUT2D eigenvalue weighted by Crippen LogP contribution is 2.46. The standard InChI is InChI=1S/C23H14F5N5O/c24-18-7-3-15(4-8-18)1-2-16-5-10-21(29-12-16)23(27,28)22(34,13-33-14-30-31-32-33)17-6-9-19(25)20(26)11-17/h3-12,14,34H,13H2. The van der Waals surface area contributed by atoms with Gasteiger partial charge in [0.1, 0.15) is 17.8 Å². The first kappa shape index (κ1) is 23.0. The van der Waals surface area contributed by atoms with Crippen LogP contribution in [0.3, 0.4) is 0 Å². The van der Waals surface area contributed by atoms with Crippen LogP contribution in [0.5, 0.6) is 0 Å². The summed E-state index contributed by atoms with van der Waals surface area (Å²) in [5.41, 5.74) is -3.76. The van der Waals surface area contributed by atoms with Gasteiger partial charge < -0.3 is 5.11 Å². The third-order valence-electron chi connectivity index (χ3n) is 4.98. The molecular weight excluding hydrogens is 457 g/mol. The van der Waals surface area contributed by atoms with Gasteiger partial charge in [-0.15, -0.1) is 5.10 Å². The van der Waals surface area contributed by atoms with Crippen molar-refractivity contribution in [1.82, 2.24) is 25.2 Å². The van der Waals surface area contributed by atoms with Crippen molar-refractivity contribution in [1.29, 1.82) is 0 Å². The van der Waals surface area contributed by atoms with Crippen LogP contribution >= 0.6 is 0 Å². The zero-order valence-electron chi connectivity index (χ0n) is 17.1. The van der Waals surface area contributed by atoms with Crippen LogP contribution in [0.25, 0.3) is 0 Å². The predicted molar refractivity (Wildman–Crippen MR) is 109 cm³/mol. The quantitative estimate of drug-likeness (QED) is 0.356. The molecule has 4 rings (SSSR count). The molecule has 1 N–H and O–H groups in total. The Bertz CT molecular complexity index is 1350. The van der Waals surface area contributed by atoms with E-state index in [0.29, 0.717) is 17.7 Å². The van der Waals surface area contributed by atoms with Crippen molar-refractivity contribution in [3.8, 4) is 11.8 Å². The van der Waals surface area contributed by atoms with E-state index < -0.39 is 46.8 Å². The Hall–Kier alpha value is -4.17. The summed E-state index contributed by atoms with van der Waals surface area (Å²) in [6, 6.07) is 9.56. The Morgan fingerprint density at radius 2 is 1.59 bits per heavy atom. The van der Waals surface area contributed by atoms with Crippen LogP contribution in [-0.2, 0) is 18.1 Å². The highest BCUT2D eigenvalue weighted by Gasteiger charge is 2.57. The second kappa shape index (κ2) is 8.99. The van der Waals surface area contributed by atoms with Gasteiger partial charge in [0.05, 0.1) is 6.54 Å². The highest BCUT2D eigenvalue weighted by molar-refractivity contribution is 5.42. The maximum Gasteiger partial charge on any atom is 0.323 e. The molecule has 172 valence electrons. The number of pyridine rings is 1. The second-order valence-corrected chi connectivity index (χ2v) is 7.26. The third-order valence-corrected chi connectivity index (χ3v) is 4.98. The molecule has 2 aromatic heterocycles. The van der Waals surface area contributed by atoms with Crippen LogP contribution in [0.4, 0.5) is 22.0 Å². The number of nitrogens with zero attached hydrogens (tertiary/aromatic N) is 5. The lowest BCUT2D eigenvalue weighted by Gasteiger charge is -2.35. The first-order chi connectivity index (χ1) is 16.2. The summed E-state index contributed by atoms with van der Waals surface area (Å²) in [6.45, 7) is -0.883. The van der Waals surface area contributed by atoms with E-state index in [2.05, 4.69) is 32.4 Å². The fraction of sp³-hybridized carbons (Fsp3) is 0.130. The lowest BCUT2D eigenvalue weighted by atomic mass is 9.85. The topological polar surface area (TPSA) is 76.7 Å². The first-order valence-electron chi connectivity index (χ1n) is 9.70. The first-order valence-corrected chi connectivity index (χ1v) is 9.70. The number of hydrogen-bond donors (Lipinski definition) is 1. The van der Waals surface area contributed by atoms with E-state index in [1.807, 2.05) is 0 Å². The molecule has 1 atom stereocenters. The molecule has 0 aliphatic carbocycles. The molecule has 34 heavy (non-hydrogen) atoms. The molecule has 11 heteroatoms. The van der Waals surface area contributed by atoms with Crippen molar-refractivity contribution in [3.05, 3.63) is 107 Å². The lowest BCUT2D eigenvalue weighted by Crippen LogP contribution is -2.47. The van der Waals surface area contributed by atoms with Crippen molar-refractivity contribution in [2.75, 3.05) is 0 Å². The van der Waals surface area contributed by atoms with Gasteiger partial charge in [0.25, 0.3) is 0 Å². The molecule has 0 aliphatic rings. The Morgan fingerprint density at radius 1 is 0.882 bits per heavy atom. The summed E-state index contributed by atoms with van der Waals surface area (Å²) in [4.78, 5) is 3.74.